The molecule has 0 aliphatic heterocycles. The Kier molecular flexibility index (Phi) is 4.17. The summed E-state index contributed by atoms with van der Waals surface area (Å²) in [5.41, 5.74) is 9.52. The number of pyridine rings is 1. The number of hydrogen-bond acceptors (Lipinski definition) is 3. The van der Waals surface area contributed by atoms with Gasteiger partial charge in [-0.05, 0) is 36.6 Å². The molecule has 2 rings (SSSR count). The Balaban J connectivity index is 2.12. The van der Waals surface area contributed by atoms with Gasteiger partial charge in [0.25, 0.3) is 0 Å². The van der Waals surface area contributed by atoms with Gasteiger partial charge in [0.1, 0.15) is 5.82 Å². The van der Waals surface area contributed by atoms with Crippen molar-refractivity contribution in [1.29, 1.82) is 0 Å². The SMILES string of the molecule is Cc1ccccc1CN(C)c1ccc([C@H](C)N)cn1. The molecule has 0 saturated heterocycles. The van der Waals surface area contributed by atoms with E-state index >= 15 is 0 Å². The molecule has 1 aromatic heterocycles. The van der Waals surface area contributed by atoms with E-state index < -0.39 is 0 Å². The van der Waals surface area contributed by atoms with Crippen molar-refractivity contribution in [2.75, 3.05) is 11.9 Å². The fourth-order valence-electron chi connectivity index (χ4n) is 2.02. The van der Waals surface area contributed by atoms with Crippen LogP contribution in [0.15, 0.2) is 42.6 Å². The highest BCUT2D eigenvalue weighted by Gasteiger charge is 2.06. The van der Waals surface area contributed by atoms with Crippen molar-refractivity contribution >= 4 is 5.82 Å². The summed E-state index contributed by atoms with van der Waals surface area (Å²) in [7, 11) is 2.06. The van der Waals surface area contributed by atoms with Crippen LogP contribution in [-0.2, 0) is 6.54 Å². The molecule has 2 N–H and O–H groups in total. The molecule has 3 nitrogen and oxygen atoms in total. The molecule has 0 fully saturated rings. The van der Waals surface area contributed by atoms with Gasteiger partial charge in [0.15, 0.2) is 0 Å². The minimum atomic E-state index is 0.0308. The lowest BCUT2D eigenvalue weighted by molar-refractivity contribution is 0.807. The van der Waals surface area contributed by atoms with E-state index in [1.54, 1.807) is 0 Å². The zero-order chi connectivity index (χ0) is 13.8. The molecule has 0 unspecified atom stereocenters. The summed E-state index contributed by atoms with van der Waals surface area (Å²) in [4.78, 5) is 6.62. The van der Waals surface area contributed by atoms with Gasteiger partial charge in [-0.1, -0.05) is 30.3 Å². The van der Waals surface area contributed by atoms with E-state index in [4.69, 9.17) is 5.73 Å². The zero-order valence-electron chi connectivity index (χ0n) is 11.8. The Bertz CT molecular complexity index is 532. The number of rotatable bonds is 4. The van der Waals surface area contributed by atoms with Crippen molar-refractivity contribution in [1.82, 2.24) is 4.98 Å². The van der Waals surface area contributed by atoms with Crippen molar-refractivity contribution in [2.45, 2.75) is 26.4 Å². The van der Waals surface area contributed by atoms with Crippen LogP contribution in [0.5, 0.6) is 0 Å². The Morgan fingerprint density at radius 2 is 1.95 bits per heavy atom. The fourth-order valence-corrected chi connectivity index (χ4v) is 2.02. The number of aromatic nitrogens is 1. The predicted octanol–water partition coefficient (Wildman–Crippen LogP) is 3.05. The zero-order valence-corrected chi connectivity index (χ0v) is 11.8. The van der Waals surface area contributed by atoms with E-state index in [1.807, 2.05) is 25.3 Å². The Hall–Kier alpha value is -1.87. The summed E-state index contributed by atoms with van der Waals surface area (Å²) in [6.45, 7) is 4.96. The predicted molar refractivity (Wildman–Crippen MR) is 80.1 cm³/mol. The molecular formula is C16H21N3. The molecule has 2 aromatic rings. The summed E-state index contributed by atoms with van der Waals surface area (Å²) >= 11 is 0. The van der Waals surface area contributed by atoms with Crippen LogP contribution in [0.25, 0.3) is 0 Å². The minimum Gasteiger partial charge on any atom is -0.355 e. The van der Waals surface area contributed by atoms with Gasteiger partial charge >= 0.3 is 0 Å². The molecule has 0 bridgehead atoms. The van der Waals surface area contributed by atoms with E-state index in [0.717, 1.165) is 17.9 Å². The molecule has 100 valence electrons. The largest absolute Gasteiger partial charge is 0.355 e. The third-order valence-corrected chi connectivity index (χ3v) is 3.36. The quantitative estimate of drug-likeness (QED) is 0.913. The molecule has 0 spiro atoms. The van der Waals surface area contributed by atoms with E-state index in [9.17, 15) is 0 Å². The van der Waals surface area contributed by atoms with E-state index in [-0.39, 0.29) is 6.04 Å². The maximum atomic E-state index is 5.83. The van der Waals surface area contributed by atoms with Crippen molar-refractivity contribution in [3.63, 3.8) is 0 Å². The first-order valence-electron chi connectivity index (χ1n) is 6.55. The molecule has 3 heteroatoms. The third-order valence-electron chi connectivity index (χ3n) is 3.36. The topological polar surface area (TPSA) is 42.1 Å². The van der Waals surface area contributed by atoms with Gasteiger partial charge in [-0.15, -0.1) is 0 Å². The number of nitrogens with zero attached hydrogens (tertiary/aromatic N) is 2. The van der Waals surface area contributed by atoms with E-state index in [0.29, 0.717) is 0 Å². The fraction of sp³-hybridized carbons (Fsp3) is 0.312. The second-order valence-electron chi connectivity index (χ2n) is 5.02. The highest BCUT2D eigenvalue weighted by molar-refractivity contribution is 5.41. The summed E-state index contributed by atoms with van der Waals surface area (Å²) in [6.07, 6.45) is 1.86. The van der Waals surface area contributed by atoms with Crippen molar-refractivity contribution in [3.8, 4) is 0 Å². The van der Waals surface area contributed by atoms with Gasteiger partial charge < -0.3 is 10.6 Å². The van der Waals surface area contributed by atoms with E-state index in [2.05, 4.69) is 48.1 Å². The molecule has 0 saturated carbocycles. The molecule has 19 heavy (non-hydrogen) atoms. The maximum absolute atomic E-state index is 5.83. The average Bonchev–Trinajstić information content (AvgIpc) is 2.41. The summed E-state index contributed by atoms with van der Waals surface area (Å²) in [6, 6.07) is 12.5. The smallest absolute Gasteiger partial charge is 0.128 e. The second-order valence-corrected chi connectivity index (χ2v) is 5.02. The first-order chi connectivity index (χ1) is 9.08. The number of nitrogens with two attached hydrogens (primary N) is 1. The lowest BCUT2D eigenvalue weighted by atomic mass is 10.1. The highest BCUT2D eigenvalue weighted by atomic mass is 15.2. The number of hydrogen-bond donors (Lipinski definition) is 1. The molecule has 0 aliphatic rings. The van der Waals surface area contributed by atoms with Gasteiger partial charge in [-0.3, -0.25) is 0 Å². The molecule has 1 aromatic carbocycles. The Morgan fingerprint density at radius 1 is 1.21 bits per heavy atom. The normalized spacial score (nSPS) is 12.2. The molecule has 0 aliphatic carbocycles. The summed E-state index contributed by atoms with van der Waals surface area (Å²) in [5.74, 6) is 0.965. The molecular weight excluding hydrogens is 234 g/mol. The van der Waals surface area contributed by atoms with Gasteiger partial charge in [0.05, 0.1) is 0 Å². The third kappa shape index (κ3) is 3.32. The van der Waals surface area contributed by atoms with Crippen molar-refractivity contribution in [3.05, 3.63) is 59.3 Å². The average molecular weight is 255 g/mol. The lowest BCUT2D eigenvalue weighted by Crippen LogP contribution is -2.18. The van der Waals surface area contributed by atoms with Gasteiger partial charge in [-0.2, -0.15) is 0 Å². The van der Waals surface area contributed by atoms with Crippen LogP contribution in [-0.4, -0.2) is 12.0 Å². The monoisotopic (exact) mass is 255 g/mol. The minimum absolute atomic E-state index is 0.0308. The maximum Gasteiger partial charge on any atom is 0.128 e. The van der Waals surface area contributed by atoms with Crippen LogP contribution in [0.2, 0.25) is 0 Å². The highest BCUT2D eigenvalue weighted by Crippen LogP contribution is 2.17. The van der Waals surface area contributed by atoms with Crippen LogP contribution >= 0.6 is 0 Å². The van der Waals surface area contributed by atoms with Crippen LogP contribution in [0.3, 0.4) is 0 Å². The molecule has 0 radical (unpaired) electrons. The lowest BCUT2D eigenvalue weighted by Gasteiger charge is -2.20. The van der Waals surface area contributed by atoms with Crippen molar-refractivity contribution < 1.29 is 0 Å². The first-order valence-corrected chi connectivity index (χ1v) is 6.55. The summed E-state index contributed by atoms with van der Waals surface area (Å²) < 4.78 is 0. The Morgan fingerprint density at radius 3 is 2.53 bits per heavy atom. The Labute approximate surface area is 115 Å². The van der Waals surface area contributed by atoms with Gasteiger partial charge in [0, 0.05) is 25.8 Å². The van der Waals surface area contributed by atoms with Gasteiger partial charge in [-0.25, -0.2) is 4.98 Å². The van der Waals surface area contributed by atoms with Crippen LogP contribution < -0.4 is 10.6 Å². The molecule has 1 heterocycles. The number of benzene rings is 1. The second kappa shape index (κ2) is 5.85. The first kappa shape index (κ1) is 13.6. The number of anilines is 1. The molecule has 1 atom stereocenters. The van der Waals surface area contributed by atoms with Gasteiger partial charge in [0.2, 0.25) is 0 Å². The van der Waals surface area contributed by atoms with E-state index in [1.165, 1.54) is 11.1 Å². The van der Waals surface area contributed by atoms with Crippen molar-refractivity contribution in [2.24, 2.45) is 5.73 Å². The summed E-state index contributed by atoms with van der Waals surface area (Å²) in [5, 5.41) is 0. The number of aryl methyl sites for hydroxylation is 1. The standard InChI is InChI=1S/C16H21N3/c1-12-6-4-5-7-15(12)11-19(3)16-9-8-14(10-18-16)13(2)17/h4-10,13H,11,17H2,1-3H3/t13-/m0/s1. The molecule has 0 amide bonds. The van der Waals surface area contributed by atoms with Crippen LogP contribution in [0.1, 0.15) is 29.7 Å². The van der Waals surface area contributed by atoms with Crippen LogP contribution in [0, 0.1) is 6.92 Å². The van der Waals surface area contributed by atoms with Crippen LogP contribution in [0.4, 0.5) is 5.82 Å².